The molecule has 2 rings (SSSR count). The minimum absolute atomic E-state index is 0.0749. The summed E-state index contributed by atoms with van der Waals surface area (Å²) in [7, 11) is 0. The van der Waals surface area contributed by atoms with Crippen molar-refractivity contribution in [3.05, 3.63) is 57.5 Å². The number of nitrogens with one attached hydrogen (secondary N) is 1. The SMILES string of the molecule is CCc1cc(=O)[nH]c(SCc2ccccc2C)n1. The second-order valence-corrected chi connectivity index (χ2v) is 5.07. The summed E-state index contributed by atoms with van der Waals surface area (Å²) < 4.78 is 0. The lowest BCUT2D eigenvalue weighted by Crippen LogP contribution is -2.09. The molecule has 18 heavy (non-hydrogen) atoms. The molecule has 0 radical (unpaired) electrons. The van der Waals surface area contributed by atoms with E-state index in [4.69, 9.17) is 0 Å². The maximum atomic E-state index is 11.4. The van der Waals surface area contributed by atoms with Gasteiger partial charge in [0, 0.05) is 17.5 Å². The van der Waals surface area contributed by atoms with Crippen molar-refractivity contribution in [2.75, 3.05) is 0 Å². The summed E-state index contributed by atoms with van der Waals surface area (Å²) in [5.74, 6) is 0.822. The number of aromatic amines is 1. The molecule has 2 aromatic rings. The Bertz CT molecular complexity index is 592. The number of rotatable bonds is 4. The number of hydrogen-bond acceptors (Lipinski definition) is 3. The fraction of sp³-hybridized carbons (Fsp3) is 0.286. The van der Waals surface area contributed by atoms with Gasteiger partial charge in [0.2, 0.25) is 0 Å². The topological polar surface area (TPSA) is 45.8 Å². The van der Waals surface area contributed by atoms with Crippen molar-refractivity contribution in [2.24, 2.45) is 0 Å². The maximum absolute atomic E-state index is 11.4. The first-order valence-electron chi connectivity index (χ1n) is 5.96. The second kappa shape index (κ2) is 5.87. The average molecular weight is 260 g/mol. The van der Waals surface area contributed by atoms with Crippen LogP contribution < -0.4 is 5.56 Å². The molecule has 1 aromatic heterocycles. The highest BCUT2D eigenvalue weighted by Gasteiger charge is 2.03. The van der Waals surface area contributed by atoms with Crippen LogP contribution in [0.15, 0.2) is 40.3 Å². The van der Waals surface area contributed by atoms with Gasteiger partial charge in [-0.1, -0.05) is 43.0 Å². The normalized spacial score (nSPS) is 10.6. The molecule has 0 saturated heterocycles. The van der Waals surface area contributed by atoms with E-state index < -0.39 is 0 Å². The third-order valence-electron chi connectivity index (χ3n) is 2.76. The molecule has 1 aromatic carbocycles. The number of aromatic nitrogens is 2. The van der Waals surface area contributed by atoms with E-state index >= 15 is 0 Å². The number of benzene rings is 1. The minimum Gasteiger partial charge on any atom is -0.301 e. The largest absolute Gasteiger partial charge is 0.301 e. The van der Waals surface area contributed by atoms with E-state index in [0.29, 0.717) is 5.16 Å². The highest BCUT2D eigenvalue weighted by Crippen LogP contribution is 2.20. The summed E-state index contributed by atoms with van der Waals surface area (Å²) in [6, 6.07) is 9.80. The predicted molar refractivity (Wildman–Crippen MR) is 75.0 cm³/mol. The fourth-order valence-electron chi connectivity index (χ4n) is 1.65. The summed E-state index contributed by atoms with van der Waals surface area (Å²) in [5, 5.41) is 0.697. The molecule has 4 heteroatoms. The lowest BCUT2D eigenvalue weighted by atomic mass is 10.1. The van der Waals surface area contributed by atoms with Gasteiger partial charge in [0.1, 0.15) is 0 Å². The Hall–Kier alpha value is -1.55. The van der Waals surface area contributed by atoms with Crippen molar-refractivity contribution < 1.29 is 0 Å². The Morgan fingerprint density at radius 2 is 2.11 bits per heavy atom. The zero-order chi connectivity index (χ0) is 13.0. The predicted octanol–water partition coefficient (Wildman–Crippen LogP) is 2.93. The first-order valence-corrected chi connectivity index (χ1v) is 6.95. The van der Waals surface area contributed by atoms with Crippen LogP contribution in [0.5, 0.6) is 0 Å². The number of H-pyrrole nitrogens is 1. The Balaban J connectivity index is 2.13. The van der Waals surface area contributed by atoms with E-state index in [9.17, 15) is 4.79 Å². The molecule has 0 saturated carbocycles. The molecule has 0 aliphatic rings. The Morgan fingerprint density at radius 1 is 1.33 bits per heavy atom. The number of aryl methyl sites for hydroxylation is 2. The molecule has 1 heterocycles. The summed E-state index contributed by atoms with van der Waals surface area (Å²) in [4.78, 5) is 18.6. The van der Waals surface area contributed by atoms with E-state index in [-0.39, 0.29) is 5.56 Å². The van der Waals surface area contributed by atoms with Gasteiger partial charge in [-0.3, -0.25) is 4.79 Å². The third kappa shape index (κ3) is 3.23. The molecular formula is C14H16N2OS. The van der Waals surface area contributed by atoms with E-state index in [0.717, 1.165) is 17.9 Å². The van der Waals surface area contributed by atoms with Crippen molar-refractivity contribution in [1.82, 2.24) is 9.97 Å². The zero-order valence-corrected chi connectivity index (χ0v) is 11.4. The van der Waals surface area contributed by atoms with Gasteiger partial charge in [-0.25, -0.2) is 4.98 Å². The fourth-order valence-corrected chi connectivity index (χ4v) is 2.62. The van der Waals surface area contributed by atoms with Crippen molar-refractivity contribution >= 4 is 11.8 Å². The molecule has 0 amide bonds. The van der Waals surface area contributed by atoms with Crippen LogP contribution in [0, 0.1) is 6.92 Å². The first-order chi connectivity index (χ1) is 8.69. The molecular weight excluding hydrogens is 244 g/mol. The van der Waals surface area contributed by atoms with Crippen molar-refractivity contribution in [1.29, 1.82) is 0 Å². The van der Waals surface area contributed by atoms with Crippen molar-refractivity contribution in [3.8, 4) is 0 Å². The minimum atomic E-state index is -0.0749. The molecule has 0 aliphatic heterocycles. The summed E-state index contributed by atoms with van der Waals surface area (Å²) in [6.07, 6.45) is 0.780. The van der Waals surface area contributed by atoms with Crippen LogP contribution in [-0.4, -0.2) is 9.97 Å². The standard InChI is InChI=1S/C14H16N2OS/c1-3-12-8-13(17)16-14(15-12)18-9-11-7-5-4-6-10(11)2/h4-8H,3,9H2,1-2H3,(H,15,16,17). The van der Waals surface area contributed by atoms with E-state index in [2.05, 4.69) is 29.0 Å². The monoisotopic (exact) mass is 260 g/mol. The average Bonchev–Trinajstić information content (AvgIpc) is 2.37. The highest BCUT2D eigenvalue weighted by molar-refractivity contribution is 7.98. The second-order valence-electron chi connectivity index (χ2n) is 4.11. The number of nitrogens with zero attached hydrogens (tertiary/aromatic N) is 1. The molecule has 1 N–H and O–H groups in total. The lowest BCUT2D eigenvalue weighted by molar-refractivity contribution is 0.868. The van der Waals surface area contributed by atoms with Crippen molar-refractivity contribution in [3.63, 3.8) is 0 Å². The Kier molecular flexibility index (Phi) is 4.20. The van der Waals surface area contributed by atoms with Crippen molar-refractivity contribution in [2.45, 2.75) is 31.2 Å². The lowest BCUT2D eigenvalue weighted by Gasteiger charge is -2.05. The number of thioether (sulfide) groups is 1. The van der Waals surface area contributed by atoms with Crippen LogP contribution in [0.3, 0.4) is 0 Å². The molecule has 0 unspecified atom stereocenters. The van der Waals surface area contributed by atoms with Crippen LogP contribution >= 0.6 is 11.8 Å². The van der Waals surface area contributed by atoms with Gasteiger partial charge in [0.15, 0.2) is 5.16 Å². The van der Waals surface area contributed by atoms with E-state index in [1.54, 1.807) is 17.8 Å². The van der Waals surface area contributed by atoms with Gasteiger partial charge >= 0.3 is 0 Å². The highest BCUT2D eigenvalue weighted by atomic mass is 32.2. The molecule has 0 bridgehead atoms. The quantitative estimate of drug-likeness (QED) is 0.679. The maximum Gasteiger partial charge on any atom is 0.251 e. The van der Waals surface area contributed by atoms with Gasteiger partial charge in [-0.05, 0) is 24.5 Å². The van der Waals surface area contributed by atoms with Crippen LogP contribution in [0.4, 0.5) is 0 Å². The molecule has 0 aliphatic carbocycles. The first kappa shape index (κ1) is 12.9. The van der Waals surface area contributed by atoms with Gasteiger partial charge in [0.05, 0.1) is 0 Å². The van der Waals surface area contributed by atoms with Gasteiger partial charge in [-0.2, -0.15) is 0 Å². The molecule has 0 spiro atoms. The van der Waals surface area contributed by atoms with Gasteiger partial charge < -0.3 is 4.98 Å². The van der Waals surface area contributed by atoms with Crippen LogP contribution in [0.2, 0.25) is 0 Å². The van der Waals surface area contributed by atoms with Crippen LogP contribution in [0.25, 0.3) is 0 Å². The zero-order valence-electron chi connectivity index (χ0n) is 10.6. The van der Waals surface area contributed by atoms with Gasteiger partial charge in [-0.15, -0.1) is 0 Å². The van der Waals surface area contributed by atoms with E-state index in [1.165, 1.54) is 11.1 Å². The summed E-state index contributed by atoms with van der Waals surface area (Å²) >= 11 is 1.56. The van der Waals surface area contributed by atoms with Gasteiger partial charge in [0.25, 0.3) is 5.56 Å². The molecule has 0 fully saturated rings. The van der Waals surface area contributed by atoms with E-state index in [1.807, 2.05) is 19.1 Å². The molecule has 94 valence electrons. The Labute approximate surface area is 111 Å². The Morgan fingerprint density at radius 3 is 2.83 bits per heavy atom. The molecule has 3 nitrogen and oxygen atoms in total. The summed E-state index contributed by atoms with van der Waals surface area (Å²) in [6.45, 7) is 4.09. The molecule has 0 atom stereocenters. The third-order valence-corrected chi connectivity index (χ3v) is 3.68. The van der Waals surface area contributed by atoms with Crippen LogP contribution in [-0.2, 0) is 12.2 Å². The number of hydrogen-bond donors (Lipinski definition) is 1. The summed E-state index contributed by atoms with van der Waals surface area (Å²) in [5.41, 5.74) is 3.30. The van der Waals surface area contributed by atoms with Crippen LogP contribution in [0.1, 0.15) is 23.7 Å². The smallest absolute Gasteiger partial charge is 0.251 e.